The minimum atomic E-state index is -3.69. The summed E-state index contributed by atoms with van der Waals surface area (Å²) < 4.78 is 31.8. The van der Waals surface area contributed by atoms with Crippen LogP contribution >= 0.6 is 23.2 Å². The number of halogens is 2. The van der Waals surface area contributed by atoms with Gasteiger partial charge in [-0.25, -0.2) is 13.2 Å². The van der Waals surface area contributed by atoms with Crippen LogP contribution in [0.3, 0.4) is 0 Å². The van der Waals surface area contributed by atoms with Gasteiger partial charge in [-0.05, 0) is 56.2 Å². The van der Waals surface area contributed by atoms with Crippen LogP contribution in [0.1, 0.15) is 40.5 Å². The highest BCUT2D eigenvalue weighted by molar-refractivity contribution is 7.89. The lowest BCUT2D eigenvalue weighted by Gasteiger charge is -2.16. The summed E-state index contributed by atoms with van der Waals surface area (Å²) in [4.78, 5) is 24.6. The molecule has 1 aliphatic heterocycles. The molecule has 160 valence electrons. The number of anilines is 1. The predicted molar refractivity (Wildman–Crippen MR) is 115 cm³/mol. The molecule has 1 N–H and O–H groups in total. The molecule has 0 bridgehead atoms. The molecule has 1 aliphatic rings. The van der Waals surface area contributed by atoms with Gasteiger partial charge >= 0.3 is 5.97 Å². The Morgan fingerprint density at radius 2 is 1.73 bits per heavy atom. The van der Waals surface area contributed by atoms with Crippen LogP contribution < -0.4 is 5.32 Å². The lowest BCUT2D eigenvalue weighted by molar-refractivity contribution is 0.0526. The van der Waals surface area contributed by atoms with Crippen LogP contribution in [0.15, 0.2) is 41.3 Å². The molecular formula is C20H20Cl2N2O5S. The van der Waals surface area contributed by atoms with E-state index in [-0.39, 0.29) is 32.7 Å². The molecule has 0 radical (unpaired) electrons. The molecule has 1 fully saturated rings. The first kappa shape index (κ1) is 22.6. The highest BCUT2D eigenvalue weighted by atomic mass is 35.5. The highest BCUT2D eigenvalue weighted by Gasteiger charge is 2.28. The highest BCUT2D eigenvalue weighted by Crippen LogP contribution is 2.27. The third-order valence-electron chi connectivity index (χ3n) is 4.61. The number of nitrogens with one attached hydrogen (secondary N) is 1. The van der Waals surface area contributed by atoms with E-state index in [4.69, 9.17) is 27.9 Å². The molecule has 0 saturated carbocycles. The zero-order valence-corrected chi connectivity index (χ0v) is 18.5. The summed E-state index contributed by atoms with van der Waals surface area (Å²) in [6.45, 7) is 2.81. The van der Waals surface area contributed by atoms with E-state index >= 15 is 0 Å². The number of esters is 1. The first-order valence-corrected chi connectivity index (χ1v) is 11.5. The van der Waals surface area contributed by atoms with Crippen molar-refractivity contribution >= 4 is 50.8 Å². The normalized spacial score (nSPS) is 14.5. The van der Waals surface area contributed by atoms with Crippen molar-refractivity contribution in [2.45, 2.75) is 24.7 Å². The van der Waals surface area contributed by atoms with Gasteiger partial charge < -0.3 is 10.1 Å². The van der Waals surface area contributed by atoms with E-state index in [1.54, 1.807) is 6.92 Å². The van der Waals surface area contributed by atoms with Gasteiger partial charge in [-0.3, -0.25) is 4.79 Å². The van der Waals surface area contributed by atoms with Gasteiger partial charge in [-0.15, -0.1) is 0 Å². The fourth-order valence-electron chi connectivity index (χ4n) is 3.08. The zero-order chi connectivity index (χ0) is 21.9. The number of sulfonamides is 1. The lowest BCUT2D eigenvalue weighted by Crippen LogP contribution is -2.28. The van der Waals surface area contributed by atoms with E-state index in [1.807, 2.05) is 0 Å². The molecule has 0 spiro atoms. The molecule has 1 saturated heterocycles. The molecule has 7 nitrogen and oxygen atoms in total. The molecule has 2 aromatic rings. The van der Waals surface area contributed by atoms with Crippen LogP contribution in [0.25, 0.3) is 0 Å². The first-order valence-electron chi connectivity index (χ1n) is 9.31. The van der Waals surface area contributed by atoms with Crippen LogP contribution in [0, 0.1) is 0 Å². The van der Waals surface area contributed by atoms with Crippen molar-refractivity contribution in [2.24, 2.45) is 0 Å². The Labute approximate surface area is 185 Å². The third kappa shape index (κ3) is 4.78. The molecule has 2 aromatic carbocycles. The number of ether oxygens (including phenoxy) is 1. The fraction of sp³-hybridized carbons (Fsp3) is 0.300. The Morgan fingerprint density at radius 1 is 1.03 bits per heavy atom. The summed E-state index contributed by atoms with van der Waals surface area (Å²) in [5.74, 6) is -1.17. The van der Waals surface area contributed by atoms with Crippen molar-refractivity contribution in [3.63, 3.8) is 0 Å². The van der Waals surface area contributed by atoms with Crippen molar-refractivity contribution in [1.29, 1.82) is 0 Å². The number of rotatable bonds is 6. The molecule has 0 unspecified atom stereocenters. The summed E-state index contributed by atoms with van der Waals surface area (Å²) in [6.07, 6.45) is 1.62. The van der Waals surface area contributed by atoms with Gasteiger partial charge in [0.1, 0.15) is 0 Å². The molecule has 30 heavy (non-hydrogen) atoms. The van der Waals surface area contributed by atoms with E-state index in [2.05, 4.69) is 5.32 Å². The van der Waals surface area contributed by atoms with Crippen molar-refractivity contribution in [3.05, 3.63) is 57.6 Å². The van der Waals surface area contributed by atoms with Crippen LogP contribution in [-0.4, -0.2) is 44.3 Å². The zero-order valence-electron chi connectivity index (χ0n) is 16.2. The van der Waals surface area contributed by atoms with Crippen LogP contribution in [-0.2, 0) is 14.8 Å². The van der Waals surface area contributed by atoms with Crippen molar-refractivity contribution in [2.75, 3.05) is 25.0 Å². The molecule has 10 heteroatoms. The minimum absolute atomic E-state index is 0.00893. The van der Waals surface area contributed by atoms with Crippen molar-refractivity contribution < 1.29 is 22.7 Å². The Kier molecular flexibility index (Phi) is 7.02. The number of hydrogen-bond acceptors (Lipinski definition) is 5. The van der Waals surface area contributed by atoms with Crippen LogP contribution in [0.5, 0.6) is 0 Å². The number of carbonyl (C=O) groups is 2. The molecular weight excluding hydrogens is 451 g/mol. The molecule has 1 amide bonds. The van der Waals surface area contributed by atoms with E-state index in [0.717, 1.165) is 12.8 Å². The average molecular weight is 471 g/mol. The smallest absolute Gasteiger partial charge is 0.339 e. The number of hydrogen-bond donors (Lipinski definition) is 1. The largest absolute Gasteiger partial charge is 0.462 e. The number of benzene rings is 2. The number of amides is 1. The SMILES string of the molecule is CCOC(=O)c1ccc(NC(=O)c2cc(S(=O)(=O)N3CCCC3)ccc2Cl)cc1Cl. The number of carbonyl (C=O) groups excluding carboxylic acids is 2. The monoisotopic (exact) mass is 470 g/mol. The fourth-order valence-corrected chi connectivity index (χ4v) is 5.09. The quantitative estimate of drug-likeness (QED) is 0.638. The summed E-state index contributed by atoms with van der Waals surface area (Å²) in [6, 6.07) is 8.37. The van der Waals surface area contributed by atoms with Gasteiger partial charge in [0, 0.05) is 18.8 Å². The van der Waals surface area contributed by atoms with Crippen molar-refractivity contribution in [1.82, 2.24) is 4.31 Å². The summed E-state index contributed by atoms with van der Waals surface area (Å²) in [5, 5.41) is 2.84. The van der Waals surface area contributed by atoms with Gasteiger partial charge in [0.15, 0.2) is 0 Å². The second-order valence-corrected chi connectivity index (χ2v) is 9.37. The molecule has 0 aliphatic carbocycles. The number of nitrogens with zero attached hydrogens (tertiary/aromatic N) is 1. The Bertz CT molecular complexity index is 1080. The van der Waals surface area contributed by atoms with Gasteiger partial charge in [0.25, 0.3) is 5.91 Å². The molecule has 1 heterocycles. The maximum absolute atomic E-state index is 12.8. The van der Waals surface area contributed by atoms with Gasteiger partial charge in [0.2, 0.25) is 10.0 Å². The van der Waals surface area contributed by atoms with E-state index in [0.29, 0.717) is 18.8 Å². The maximum Gasteiger partial charge on any atom is 0.339 e. The lowest BCUT2D eigenvalue weighted by atomic mass is 10.1. The van der Waals surface area contributed by atoms with E-state index in [1.165, 1.54) is 40.7 Å². The third-order valence-corrected chi connectivity index (χ3v) is 7.14. The summed E-state index contributed by atoms with van der Waals surface area (Å²) in [7, 11) is -3.69. The van der Waals surface area contributed by atoms with E-state index in [9.17, 15) is 18.0 Å². The standard InChI is InChI=1S/C20H20Cl2N2O5S/c1-2-29-20(26)15-7-5-13(11-18(15)22)23-19(25)16-12-14(6-8-17(16)21)30(27,28)24-9-3-4-10-24/h5-8,11-12H,2-4,9-10H2,1H3,(H,23,25). The van der Waals surface area contributed by atoms with Crippen LogP contribution in [0.2, 0.25) is 10.0 Å². The summed E-state index contributed by atoms with van der Waals surface area (Å²) >= 11 is 12.3. The van der Waals surface area contributed by atoms with Gasteiger partial charge in [0.05, 0.1) is 32.7 Å². The molecule has 3 rings (SSSR count). The van der Waals surface area contributed by atoms with Gasteiger partial charge in [-0.1, -0.05) is 23.2 Å². The first-order chi connectivity index (χ1) is 14.2. The predicted octanol–water partition coefficient (Wildman–Crippen LogP) is 4.21. The average Bonchev–Trinajstić information content (AvgIpc) is 3.24. The molecule has 0 aromatic heterocycles. The summed E-state index contributed by atoms with van der Waals surface area (Å²) in [5.41, 5.74) is 0.512. The second-order valence-electron chi connectivity index (χ2n) is 6.62. The Balaban J connectivity index is 1.83. The maximum atomic E-state index is 12.8. The Hall–Kier alpha value is -2.13. The second kappa shape index (κ2) is 9.34. The minimum Gasteiger partial charge on any atom is -0.462 e. The Morgan fingerprint density at radius 3 is 2.37 bits per heavy atom. The van der Waals surface area contributed by atoms with Crippen LogP contribution in [0.4, 0.5) is 5.69 Å². The van der Waals surface area contributed by atoms with E-state index < -0.39 is 21.9 Å². The molecule has 0 atom stereocenters. The van der Waals surface area contributed by atoms with Gasteiger partial charge in [-0.2, -0.15) is 4.31 Å². The van der Waals surface area contributed by atoms with Crippen molar-refractivity contribution in [3.8, 4) is 0 Å². The topological polar surface area (TPSA) is 92.8 Å².